The Labute approximate surface area is 117 Å². The van der Waals surface area contributed by atoms with Crippen molar-refractivity contribution in [3.8, 4) is 0 Å². The highest BCUT2D eigenvalue weighted by atomic mass is 32.2. The van der Waals surface area contributed by atoms with Crippen LogP contribution in [0.15, 0.2) is 29.2 Å². The molecule has 2 aromatic rings. The predicted octanol–water partition coefficient (Wildman–Crippen LogP) is 1.81. The molecule has 20 heavy (non-hydrogen) atoms. The molecule has 1 amide bonds. The van der Waals surface area contributed by atoms with Crippen LogP contribution in [0.3, 0.4) is 0 Å². The van der Waals surface area contributed by atoms with Gasteiger partial charge in [0.25, 0.3) is 5.91 Å². The first-order chi connectivity index (χ1) is 9.45. The second-order valence-electron chi connectivity index (χ2n) is 5.20. The fourth-order valence-corrected chi connectivity index (χ4v) is 3.20. The average molecular weight is 292 g/mol. The smallest absolute Gasteiger partial charge is 0.270 e. The van der Waals surface area contributed by atoms with Crippen molar-refractivity contribution in [2.45, 2.75) is 17.7 Å². The van der Waals surface area contributed by atoms with Crippen LogP contribution in [0.4, 0.5) is 0 Å². The number of fused-ring (bicyclic) bond motifs is 1. The summed E-state index contributed by atoms with van der Waals surface area (Å²) < 4.78 is 23.1. The van der Waals surface area contributed by atoms with Crippen LogP contribution in [-0.4, -0.2) is 43.6 Å². The number of hydrogen-bond acceptors (Lipinski definition) is 3. The molecule has 0 spiro atoms. The Morgan fingerprint density at radius 3 is 2.55 bits per heavy atom. The number of hydrogen-bond donors (Lipinski definition) is 1. The number of carbonyl (C=O) groups excluding carboxylic acids is 1. The lowest BCUT2D eigenvalue weighted by atomic mass is 10.2. The maximum atomic E-state index is 12.3. The van der Waals surface area contributed by atoms with E-state index in [1.54, 1.807) is 24.3 Å². The molecular formula is C14H16N2O3S. The molecule has 1 saturated heterocycles. The van der Waals surface area contributed by atoms with Crippen LogP contribution < -0.4 is 0 Å². The summed E-state index contributed by atoms with van der Waals surface area (Å²) in [7, 11) is -3.23. The Balaban J connectivity index is 2.00. The monoisotopic (exact) mass is 292 g/mol. The van der Waals surface area contributed by atoms with Gasteiger partial charge in [0, 0.05) is 30.2 Å². The minimum Gasteiger partial charge on any atom is -0.351 e. The lowest BCUT2D eigenvalue weighted by molar-refractivity contribution is 0.0788. The third-order valence-electron chi connectivity index (χ3n) is 3.64. The summed E-state index contributed by atoms with van der Waals surface area (Å²) in [5.74, 6) is -0.0143. The molecule has 6 heteroatoms. The van der Waals surface area contributed by atoms with Gasteiger partial charge in [0.15, 0.2) is 9.84 Å². The van der Waals surface area contributed by atoms with Gasteiger partial charge < -0.3 is 9.88 Å². The SMILES string of the molecule is CS(=O)(=O)c1ccc2[nH]c(C(=O)N3CCCC3)cc2c1. The number of amides is 1. The van der Waals surface area contributed by atoms with Gasteiger partial charge in [-0.25, -0.2) is 8.42 Å². The normalized spacial score (nSPS) is 15.9. The van der Waals surface area contributed by atoms with E-state index in [1.807, 2.05) is 4.90 Å². The van der Waals surface area contributed by atoms with Crippen LogP contribution in [0.25, 0.3) is 10.9 Å². The number of benzene rings is 1. The van der Waals surface area contributed by atoms with E-state index in [0.29, 0.717) is 5.69 Å². The van der Waals surface area contributed by atoms with Crippen molar-refractivity contribution < 1.29 is 13.2 Å². The first-order valence-electron chi connectivity index (χ1n) is 6.57. The van der Waals surface area contributed by atoms with Gasteiger partial charge in [-0.15, -0.1) is 0 Å². The van der Waals surface area contributed by atoms with Crippen molar-refractivity contribution >= 4 is 26.6 Å². The molecule has 0 bridgehead atoms. The molecule has 106 valence electrons. The largest absolute Gasteiger partial charge is 0.351 e. The minimum atomic E-state index is -3.23. The average Bonchev–Trinajstić information content (AvgIpc) is 3.05. The Morgan fingerprint density at radius 2 is 1.90 bits per heavy atom. The molecule has 1 fully saturated rings. The molecular weight excluding hydrogens is 276 g/mol. The van der Waals surface area contributed by atoms with Crippen LogP contribution >= 0.6 is 0 Å². The molecule has 5 nitrogen and oxygen atoms in total. The minimum absolute atomic E-state index is 0.0143. The number of aromatic nitrogens is 1. The van der Waals surface area contributed by atoms with Gasteiger partial charge in [-0.1, -0.05) is 0 Å². The highest BCUT2D eigenvalue weighted by Gasteiger charge is 2.21. The third kappa shape index (κ3) is 2.31. The lowest BCUT2D eigenvalue weighted by Gasteiger charge is -2.13. The van der Waals surface area contributed by atoms with E-state index in [0.717, 1.165) is 36.8 Å². The van der Waals surface area contributed by atoms with Gasteiger partial charge in [-0.2, -0.15) is 0 Å². The summed E-state index contributed by atoms with van der Waals surface area (Å²) in [4.78, 5) is 17.4. The Kier molecular flexibility index (Phi) is 3.05. The van der Waals surface area contributed by atoms with Crippen molar-refractivity contribution in [1.29, 1.82) is 0 Å². The molecule has 1 aliphatic rings. The molecule has 1 aromatic heterocycles. The van der Waals surface area contributed by atoms with Crippen LogP contribution in [-0.2, 0) is 9.84 Å². The highest BCUT2D eigenvalue weighted by Crippen LogP contribution is 2.21. The predicted molar refractivity (Wildman–Crippen MR) is 76.5 cm³/mol. The molecule has 1 aliphatic heterocycles. The van der Waals surface area contributed by atoms with E-state index in [1.165, 1.54) is 6.26 Å². The zero-order chi connectivity index (χ0) is 14.3. The third-order valence-corrected chi connectivity index (χ3v) is 4.75. The van der Waals surface area contributed by atoms with Gasteiger partial charge in [-0.3, -0.25) is 4.79 Å². The molecule has 1 aromatic carbocycles. The second kappa shape index (κ2) is 4.63. The number of H-pyrrole nitrogens is 1. The summed E-state index contributed by atoms with van der Waals surface area (Å²) in [6.07, 6.45) is 3.27. The van der Waals surface area contributed by atoms with Crippen LogP contribution in [0.2, 0.25) is 0 Å². The van der Waals surface area contributed by atoms with Crippen molar-refractivity contribution in [1.82, 2.24) is 9.88 Å². The topological polar surface area (TPSA) is 70.2 Å². The summed E-state index contributed by atoms with van der Waals surface area (Å²) in [6, 6.07) is 6.58. The number of nitrogens with one attached hydrogen (secondary N) is 1. The number of rotatable bonds is 2. The van der Waals surface area contributed by atoms with E-state index in [4.69, 9.17) is 0 Å². The van der Waals surface area contributed by atoms with E-state index in [9.17, 15) is 13.2 Å². The van der Waals surface area contributed by atoms with Crippen LogP contribution in [0, 0.1) is 0 Å². The van der Waals surface area contributed by atoms with Gasteiger partial charge in [-0.05, 0) is 37.1 Å². The molecule has 0 saturated carbocycles. The van der Waals surface area contributed by atoms with Gasteiger partial charge in [0.2, 0.25) is 0 Å². The summed E-state index contributed by atoms with van der Waals surface area (Å²) in [5, 5.41) is 0.746. The van der Waals surface area contributed by atoms with Crippen LogP contribution in [0.5, 0.6) is 0 Å². The van der Waals surface area contributed by atoms with E-state index in [2.05, 4.69) is 4.98 Å². The van der Waals surface area contributed by atoms with E-state index >= 15 is 0 Å². The zero-order valence-corrected chi connectivity index (χ0v) is 12.0. The van der Waals surface area contributed by atoms with Crippen molar-refractivity contribution in [3.05, 3.63) is 30.0 Å². The Bertz CT molecular complexity index is 771. The second-order valence-corrected chi connectivity index (χ2v) is 7.22. The summed E-state index contributed by atoms with van der Waals surface area (Å²) in [6.45, 7) is 1.59. The molecule has 0 unspecified atom stereocenters. The van der Waals surface area contributed by atoms with Gasteiger partial charge in [0.05, 0.1) is 4.90 Å². The molecule has 1 N–H and O–H groups in total. The molecule has 0 aliphatic carbocycles. The zero-order valence-electron chi connectivity index (χ0n) is 11.2. The van der Waals surface area contributed by atoms with Gasteiger partial charge >= 0.3 is 0 Å². The van der Waals surface area contributed by atoms with Crippen LogP contribution in [0.1, 0.15) is 23.3 Å². The first kappa shape index (κ1) is 13.2. The number of sulfone groups is 1. The molecule has 0 atom stereocenters. The van der Waals surface area contributed by atoms with E-state index in [-0.39, 0.29) is 10.8 Å². The maximum Gasteiger partial charge on any atom is 0.270 e. The molecule has 2 heterocycles. The maximum absolute atomic E-state index is 12.3. The van der Waals surface area contributed by atoms with Crippen molar-refractivity contribution in [2.75, 3.05) is 19.3 Å². The first-order valence-corrected chi connectivity index (χ1v) is 8.46. The van der Waals surface area contributed by atoms with Crippen molar-refractivity contribution in [2.24, 2.45) is 0 Å². The van der Waals surface area contributed by atoms with Crippen molar-refractivity contribution in [3.63, 3.8) is 0 Å². The lowest BCUT2D eigenvalue weighted by Crippen LogP contribution is -2.27. The molecule has 3 rings (SSSR count). The summed E-state index contributed by atoms with van der Waals surface area (Å²) in [5.41, 5.74) is 1.30. The Hall–Kier alpha value is -1.82. The van der Waals surface area contributed by atoms with Gasteiger partial charge in [0.1, 0.15) is 5.69 Å². The summed E-state index contributed by atoms with van der Waals surface area (Å²) >= 11 is 0. The number of nitrogens with zero attached hydrogens (tertiary/aromatic N) is 1. The highest BCUT2D eigenvalue weighted by molar-refractivity contribution is 7.90. The quantitative estimate of drug-likeness (QED) is 0.917. The fourth-order valence-electron chi connectivity index (χ4n) is 2.55. The fraction of sp³-hybridized carbons (Fsp3) is 0.357. The number of aromatic amines is 1. The number of likely N-dealkylation sites (tertiary alicyclic amines) is 1. The molecule has 0 radical (unpaired) electrons. The van der Waals surface area contributed by atoms with E-state index < -0.39 is 9.84 Å². The number of carbonyl (C=O) groups is 1. The standard InChI is InChI=1S/C14H16N2O3S/c1-20(18,19)11-4-5-12-10(8-11)9-13(15-12)14(17)16-6-2-3-7-16/h4-5,8-9,15H,2-3,6-7H2,1H3. The Morgan fingerprint density at radius 1 is 1.20 bits per heavy atom.